The fourth-order valence-electron chi connectivity index (χ4n) is 2.38. The van der Waals surface area contributed by atoms with Gasteiger partial charge in [0, 0.05) is 18.3 Å². The summed E-state index contributed by atoms with van der Waals surface area (Å²) in [5.74, 6) is -0.450. The molecule has 0 saturated carbocycles. The molecule has 1 aromatic heterocycles. The van der Waals surface area contributed by atoms with E-state index in [-0.39, 0.29) is 11.4 Å². The molecule has 22 heavy (non-hydrogen) atoms. The molecule has 0 aliphatic heterocycles. The Morgan fingerprint density at radius 3 is 2.73 bits per heavy atom. The number of nitrogens with one attached hydrogen (secondary N) is 2. The molecule has 0 unspecified atom stereocenters. The van der Waals surface area contributed by atoms with E-state index >= 15 is 0 Å². The molecular formula is C16H15FN2O2S. The van der Waals surface area contributed by atoms with Gasteiger partial charge in [-0.2, -0.15) is 0 Å². The Morgan fingerprint density at radius 1 is 1.14 bits per heavy atom. The van der Waals surface area contributed by atoms with Gasteiger partial charge in [0.1, 0.15) is 5.82 Å². The molecule has 3 rings (SSSR count). The minimum absolute atomic E-state index is 0.0925. The summed E-state index contributed by atoms with van der Waals surface area (Å²) < 4.78 is 40.2. The van der Waals surface area contributed by atoms with Crippen molar-refractivity contribution in [2.24, 2.45) is 0 Å². The molecule has 0 fully saturated rings. The van der Waals surface area contributed by atoms with Crippen LogP contribution < -0.4 is 4.72 Å². The minimum atomic E-state index is -3.67. The second kappa shape index (κ2) is 5.55. The van der Waals surface area contributed by atoms with Crippen LogP contribution in [-0.2, 0) is 16.6 Å². The zero-order valence-electron chi connectivity index (χ0n) is 11.9. The highest BCUT2D eigenvalue weighted by atomic mass is 32.2. The summed E-state index contributed by atoms with van der Waals surface area (Å²) in [5, 5.41) is 1.07. The lowest BCUT2D eigenvalue weighted by Gasteiger charge is -2.09. The van der Waals surface area contributed by atoms with Gasteiger partial charge in [0.05, 0.1) is 4.90 Å². The summed E-state index contributed by atoms with van der Waals surface area (Å²) in [6.07, 6.45) is 1.83. The van der Waals surface area contributed by atoms with Crippen LogP contribution in [0.3, 0.4) is 0 Å². The lowest BCUT2D eigenvalue weighted by molar-refractivity contribution is 0.579. The Hall–Kier alpha value is -2.18. The van der Waals surface area contributed by atoms with Crippen molar-refractivity contribution in [2.45, 2.75) is 18.4 Å². The molecule has 114 valence electrons. The number of hydrogen-bond acceptors (Lipinski definition) is 2. The second-order valence-electron chi connectivity index (χ2n) is 5.13. The van der Waals surface area contributed by atoms with Crippen LogP contribution in [0.1, 0.15) is 11.1 Å². The van der Waals surface area contributed by atoms with Gasteiger partial charge in [-0.25, -0.2) is 17.5 Å². The van der Waals surface area contributed by atoms with Crippen molar-refractivity contribution in [3.8, 4) is 0 Å². The number of aromatic nitrogens is 1. The van der Waals surface area contributed by atoms with E-state index in [0.29, 0.717) is 5.56 Å². The quantitative estimate of drug-likeness (QED) is 0.776. The lowest BCUT2D eigenvalue weighted by atomic mass is 10.2. The van der Waals surface area contributed by atoms with Crippen LogP contribution in [-0.4, -0.2) is 13.4 Å². The summed E-state index contributed by atoms with van der Waals surface area (Å²) in [6.45, 7) is 1.75. The van der Waals surface area contributed by atoms with Gasteiger partial charge in [0.2, 0.25) is 10.0 Å². The van der Waals surface area contributed by atoms with E-state index in [9.17, 15) is 12.8 Å². The second-order valence-corrected chi connectivity index (χ2v) is 6.87. The van der Waals surface area contributed by atoms with E-state index in [2.05, 4.69) is 9.71 Å². The molecular weight excluding hydrogens is 303 g/mol. The van der Waals surface area contributed by atoms with Crippen molar-refractivity contribution in [2.75, 3.05) is 0 Å². The van der Waals surface area contributed by atoms with Crippen LogP contribution in [0.5, 0.6) is 0 Å². The molecule has 4 nitrogen and oxygen atoms in total. The first-order chi connectivity index (χ1) is 10.5. The van der Waals surface area contributed by atoms with Gasteiger partial charge in [-0.05, 0) is 53.8 Å². The summed E-state index contributed by atoms with van der Waals surface area (Å²) in [4.78, 5) is 3.18. The molecule has 2 N–H and O–H groups in total. The topological polar surface area (TPSA) is 62.0 Å². The molecule has 0 spiro atoms. The number of fused-ring (bicyclic) bond motifs is 1. The zero-order chi connectivity index (χ0) is 15.7. The number of benzene rings is 2. The highest BCUT2D eigenvalue weighted by Gasteiger charge is 2.16. The van der Waals surface area contributed by atoms with Crippen LogP contribution in [0.25, 0.3) is 10.9 Å². The average Bonchev–Trinajstić information content (AvgIpc) is 2.92. The zero-order valence-corrected chi connectivity index (χ0v) is 12.7. The van der Waals surface area contributed by atoms with Crippen molar-refractivity contribution in [1.82, 2.24) is 9.71 Å². The maximum atomic E-state index is 13.1. The Bertz CT molecular complexity index is 932. The van der Waals surface area contributed by atoms with Gasteiger partial charge in [0.25, 0.3) is 0 Å². The Morgan fingerprint density at radius 2 is 1.95 bits per heavy atom. The molecule has 0 aliphatic carbocycles. The molecule has 3 aromatic rings. The van der Waals surface area contributed by atoms with E-state index in [1.165, 1.54) is 12.1 Å². The third-order valence-electron chi connectivity index (χ3n) is 3.51. The molecule has 0 atom stereocenters. The fraction of sp³-hybridized carbons (Fsp3) is 0.125. The number of rotatable bonds is 4. The Balaban J connectivity index is 1.82. The first-order valence-corrected chi connectivity index (χ1v) is 8.26. The monoisotopic (exact) mass is 318 g/mol. The lowest BCUT2D eigenvalue weighted by Crippen LogP contribution is -2.24. The third-order valence-corrected chi connectivity index (χ3v) is 5.07. The highest BCUT2D eigenvalue weighted by Crippen LogP contribution is 2.18. The maximum Gasteiger partial charge on any atom is 0.241 e. The molecule has 6 heteroatoms. The van der Waals surface area contributed by atoms with Gasteiger partial charge in [-0.3, -0.25) is 0 Å². The summed E-state index contributed by atoms with van der Waals surface area (Å²) in [6, 6.07) is 11.3. The number of halogens is 1. The largest absolute Gasteiger partial charge is 0.361 e. The highest BCUT2D eigenvalue weighted by molar-refractivity contribution is 7.89. The number of aryl methyl sites for hydroxylation is 1. The van der Waals surface area contributed by atoms with Crippen LogP contribution in [0.4, 0.5) is 4.39 Å². The van der Waals surface area contributed by atoms with Crippen LogP contribution in [0.2, 0.25) is 0 Å². The van der Waals surface area contributed by atoms with Crippen molar-refractivity contribution < 1.29 is 12.8 Å². The Kier molecular flexibility index (Phi) is 3.72. The van der Waals surface area contributed by atoms with Crippen LogP contribution >= 0.6 is 0 Å². The van der Waals surface area contributed by atoms with Gasteiger partial charge in [-0.15, -0.1) is 0 Å². The van der Waals surface area contributed by atoms with Crippen molar-refractivity contribution >= 4 is 20.9 Å². The minimum Gasteiger partial charge on any atom is -0.361 e. The van der Waals surface area contributed by atoms with Crippen LogP contribution in [0, 0.1) is 12.7 Å². The summed E-state index contributed by atoms with van der Waals surface area (Å²) >= 11 is 0. The Labute approximate surface area is 128 Å². The number of sulfonamides is 1. The molecule has 0 aliphatic rings. The van der Waals surface area contributed by atoms with Crippen molar-refractivity contribution in [3.05, 3.63) is 65.6 Å². The van der Waals surface area contributed by atoms with Crippen molar-refractivity contribution in [1.29, 1.82) is 0 Å². The smallest absolute Gasteiger partial charge is 0.241 e. The number of H-pyrrole nitrogens is 1. The fourth-order valence-corrected chi connectivity index (χ4v) is 3.62. The summed E-state index contributed by atoms with van der Waals surface area (Å²) in [7, 11) is -3.67. The van der Waals surface area contributed by atoms with Gasteiger partial charge in [-0.1, -0.05) is 12.1 Å². The molecule has 1 heterocycles. The third kappa shape index (κ3) is 2.88. The van der Waals surface area contributed by atoms with E-state index in [1.807, 2.05) is 30.5 Å². The standard InChI is InChI=1S/C16H15FN2O2S/c1-11-8-14(17)4-5-16(11)22(20,21)19-10-12-2-3-13-6-7-18-15(13)9-12/h2-9,18-19H,10H2,1H3. The van der Waals surface area contributed by atoms with Gasteiger partial charge < -0.3 is 4.98 Å². The van der Waals surface area contributed by atoms with Crippen LogP contribution in [0.15, 0.2) is 53.6 Å². The van der Waals surface area contributed by atoms with Gasteiger partial charge in [0.15, 0.2) is 0 Å². The van der Waals surface area contributed by atoms with E-state index in [1.54, 1.807) is 6.92 Å². The molecule has 2 aromatic carbocycles. The summed E-state index contributed by atoms with van der Waals surface area (Å²) in [5.41, 5.74) is 2.18. The maximum absolute atomic E-state index is 13.1. The predicted molar refractivity (Wildman–Crippen MR) is 83.5 cm³/mol. The first kappa shape index (κ1) is 14.7. The van der Waals surface area contributed by atoms with E-state index < -0.39 is 15.8 Å². The molecule has 0 radical (unpaired) electrons. The molecule has 0 amide bonds. The molecule has 0 bridgehead atoms. The molecule has 0 saturated heterocycles. The van der Waals surface area contributed by atoms with Crippen molar-refractivity contribution in [3.63, 3.8) is 0 Å². The first-order valence-electron chi connectivity index (χ1n) is 6.77. The van der Waals surface area contributed by atoms with Gasteiger partial charge >= 0.3 is 0 Å². The van der Waals surface area contributed by atoms with E-state index in [0.717, 1.165) is 22.5 Å². The predicted octanol–water partition coefficient (Wildman–Crippen LogP) is 3.09. The average molecular weight is 318 g/mol. The van der Waals surface area contributed by atoms with E-state index in [4.69, 9.17) is 0 Å². The normalized spacial score (nSPS) is 11.9. The number of hydrogen-bond donors (Lipinski definition) is 2. The number of aromatic amines is 1. The SMILES string of the molecule is Cc1cc(F)ccc1S(=O)(=O)NCc1ccc2cc[nH]c2c1.